The van der Waals surface area contributed by atoms with Crippen molar-refractivity contribution in [3.8, 4) is 0 Å². The minimum absolute atomic E-state index is 0.181. The van der Waals surface area contributed by atoms with E-state index in [4.69, 9.17) is 5.73 Å². The van der Waals surface area contributed by atoms with Gasteiger partial charge in [-0.15, -0.1) is 0 Å². The number of carbonyl (C=O) groups is 1. The van der Waals surface area contributed by atoms with Crippen LogP contribution >= 0.6 is 0 Å². The van der Waals surface area contributed by atoms with Crippen molar-refractivity contribution < 1.29 is 15.6 Å². The molecule has 3 N–H and O–H groups in total. The average molecular weight is 498 g/mol. The molecule has 0 bridgehead atoms. The predicted molar refractivity (Wildman–Crippen MR) is 153 cm³/mol. The molecule has 0 rings (SSSR count). The Balaban J connectivity index is 0. The van der Waals surface area contributed by atoms with Crippen LogP contribution in [-0.4, -0.2) is 11.5 Å². The number of quaternary nitrogens is 1. The summed E-state index contributed by atoms with van der Waals surface area (Å²) in [5, 5.41) is 9.49. The zero-order valence-corrected chi connectivity index (χ0v) is 24.9. The standard InChI is InChI=1S/C28H59N.C4H8O2/c1-4-7-9-11-13-15-17-19-21-23-26-28(29,25-6-3)27-24-22-20-18-16-14-12-10-8-5-2;1-2-3-4(5)6/h4-27,29H2,1-3H3;2-3H2,1H3,(H,5,6). The third-order valence-corrected chi connectivity index (χ3v) is 7.36. The van der Waals surface area contributed by atoms with Crippen LogP contribution in [0.25, 0.3) is 0 Å². The monoisotopic (exact) mass is 498 g/mol. The van der Waals surface area contributed by atoms with Gasteiger partial charge in [-0.05, 0) is 19.3 Å². The average Bonchev–Trinajstić information content (AvgIpc) is 2.82. The van der Waals surface area contributed by atoms with Crippen LogP contribution in [0.2, 0.25) is 0 Å². The molecule has 0 fully saturated rings. The van der Waals surface area contributed by atoms with Gasteiger partial charge in [0.25, 0.3) is 0 Å². The third kappa shape index (κ3) is 31.4. The molecule has 35 heavy (non-hydrogen) atoms. The number of hydrogen-bond donors (Lipinski definition) is 1. The normalized spacial score (nSPS) is 11.3. The molecular weight excluding hydrogens is 430 g/mol. The molecule has 3 nitrogen and oxygen atoms in total. The molecule has 0 aliphatic heterocycles. The second kappa shape index (κ2) is 29.7. The van der Waals surface area contributed by atoms with Crippen LogP contribution in [0.5, 0.6) is 0 Å². The van der Waals surface area contributed by atoms with E-state index in [-0.39, 0.29) is 6.42 Å². The van der Waals surface area contributed by atoms with Gasteiger partial charge in [-0.2, -0.15) is 0 Å². The Morgan fingerprint density at radius 3 is 1.03 bits per heavy atom. The minimum atomic E-state index is -0.961. The smallest absolute Gasteiger partial charge is 0.0945 e. The van der Waals surface area contributed by atoms with Gasteiger partial charge in [0.1, 0.15) is 0 Å². The maximum Gasteiger partial charge on any atom is 0.0945 e. The van der Waals surface area contributed by atoms with E-state index in [1.165, 1.54) is 154 Å². The summed E-state index contributed by atoms with van der Waals surface area (Å²) < 4.78 is 0. The fourth-order valence-corrected chi connectivity index (χ4v) is 5.08. The SMILES string of the molecule is CCCC(=O)[O-].CCCCCCCCCCCCC([NH3+])(CCC)CCCCCCCCCCCC. The van der Waals surface area contributed by atoms with Crippen molar-refractivity contribution in [2.45, 2.75) is 200 Å². The van der Waals surface area contributed by atoms with Gasteiger partial charge in [0.05, 0.1) is 5.54 Å². The summed E-state index contributed by atoms with van der Waals surface area (Å²) in [6, 6.07) is 0. The molecule has 0 heterocycles. The summed E-state index contributed by atoms with van der Waals surface area (Å²) in [7, 11) is 0. The van der Waals surface area contributed by atoms with Crippen LogP contribution in [0.15, 0.2) is 0 Å². The van der Waals surface area contributed by atoms with Crippen LogP contribution in [0, 0.1) is 0 Å². The number of carboxylic acids is 1. The number of aliphatic carboxylic acids is 1. The van der Waals surface area contributed by atoms with Gasteiger partial charge in [0.2, 0.25) is 0 Å². The van der Waals surface area contributed by atoms with Gasteiger partial charge >= 0.3 is 0 Å². The summed E-state index contributed by atoms with van der Waals surface area (Å²) in [5.74, 6) is -0.961. The lowest BCUT2D eigenvalue weighted by atomic mass is 9.83. The van der Waals surface area contributed by atoms with E-state index >= 15 is 0 Å². The number of unbranched alkanes of at least 4 members (excludes halogenated alkanes) is 18. The van der Waals surface area contributed by atoms with Gasteiger partial charge < -0.3 is 15.6 Å². The van der Waals surface area contributed by atoms with Crippen LogP contribution in [0.1, 0.15) is 195 Å². The quantitative estimate of drug-likeness (QED) is 0.121. The summed E-state index contributed by atoms with van der Waals surface area (Å²) >= 11 is 0. The molecule has 0 aromatic heterocycles. The van der Waals surface area contributed by atoms with Crippen molar-refractivity contribution in [2.24, 2.45) is 0 Å². The predicted octanol–water partition coefficient (Wildman–Crippen LogP) is 8.93. The Morgan fingerprint density at radius 2 is 0.800 bits per heavy atom. The van der Waals surface area contributed by atoms with Gasteiger partial charge in [-0.25, -0.2) is 0 Å². The molecule has 0 aliphatic carbocycles. The maximum absolute atomic E-state index is 9.49. The first-order valence-corrected chi connectivity index (χ1v) is 16.0. The second-order valence-electron chi connectivity index (χ2n) is 11.2. The Kier molecular flexibility index (Phi) is 31.0. The zero-order valence-electron chi connectivity index (χ0n) is 24.9. The highest BCUT2D eigenvalue weighted by molar-refractivity contribution is 5.63. The molecule has 0 aromatic carbocycles. The topological polar surface area (TPSA) is 67.8 Å². The zero-order chi connectivity index (χ0) is 26.5. The van der Waals surface area contributed by atoms with Gasteiger partial charge in [0, 0.05) is 25.2 Å². The Hall–Kier alpha value is -0.570. The number of rotatable bonds is 26. The summed E-state index contributed by atoms with van der Waals surface area (Å²) in [5.41, 5.74) is 5.09. The lowest BCUT2D eigenvalue weighted by molar-refractivity contribution is -0.484. The van der Waals surface area contributed by atoms with Crippen molar-refractivity contribution in [3.63, 3.8) is 0 Å². The van der Waals surface area contributed by atoms with Crippen molar-refractivity contribution in [3.05, 3.63) is 0 Å². The van der Waals surface area contributed by atoms with Crippen LogP contribution in [0.3, 0.4) is 0 Å². The molecular formula is C32H67NO2. The number of hydrogen-bond acceptors (Lipinski definition) is 2. The first-order chi connectivity index (χ1) is 17.0. The fraction of sp³-hybridized carbons (Fsp3) is 0.969. The van der Waals surface area contributed by atoms with Gasteiger partial charge in [-0.3, -0.25) is 0 Å². The Bertz CT molecular complexity index is 386. The van der Waals surface area contributed by atoms with Crippen molar-refractivity contribution >= 4 is 5.97 Å². The molecule has 0 amide bonds. The van der Waals surface area contributed by atoms with Crippen molar-refractivity contribution in [1.29, 1.82) is 0 Å². The highest BCUT2D eigenvalue weighted by Crippen LogP contribution is 2.24. The molecule has 0 atom stereocenters. The maximum atomic E-state index is 9.49. The summed E-state index contributed by atoms with van der Waals surface area (Å²) in [6.07, 6.45) is 35.1. The van der Waals surface area contributed by atoms with E-state index in [1.54, 1.807) is 6.92 Å². The van der Waals surface area contributed by atoms with Crippen molar-refractivity contribution in [2.75, 3.05) is 0 Å². The number of carboxylic acid groups (broad SMARTS) is 1. The van der Waals surface area contributed by atoms with Gasteiger partial charge in [0.15, 0.2) is 0 Å². The molecule has 0 spiro atoms. The highest BCUT2D eigenvalue weighted by Gasteiger charge is 2.26. The van der Waals surface area contributed by atoms with E-state index in [0.29, 0.717) is 12.0 Å². The second-order valence-corrected chi connectivity index (χ2v) is 11.2. The largest absolute Gasteiger partial charge is 0.550 e. The molecule has 0 saturated heterocycles. The van der Waals surface area contributed by atoms with E-state index in [2.05, 4.69) is 20.8 Å². The minimum Gasteiger partial charge on any atom is -0.550 e. The Morgan fingerprint density at radius 1 is 0.486 bits per heavy atom. The van der Waals surface area contributed by atoms with Crippen LogP contribution in [-0.2, 0) is 4.79 Å². The molecule has 3 heteroatoms. The van der Waals surface area contributed by atoms with Crippen LogP contribution < -0.4 is 10.8 Å². The van der Waals surface area contributed by atoms with E-state index in [1.807, 2.05) is 0 Å². The first-order valence-electron chi connectivity index (χ1n) is 16.0. The summed E-state index contributed by atoms with van der Waals surface area (Å²) in [4.78, 5) is 9.49. The van der Waals surface area contributed by atoms with E-state index in [0.717, 1.165) is 0 Å². The third-order valence-electron chi connectivity index (χ3n) is 7.36. The lowest BCUT2D eigenvalue weighted by Gasteiger charge is -2.26. The fourth-order valence-electron chi connectivity index (χ4n) is 5.08. The Labute approximate surface area is 221 Å². The van der Waals surface area contributed by atoms with E-state index in [9.17, 15) is 9.90 Å². The summed E-state index contributed by atoms with van der Waals surface area (Å²) in [6.45, 7) is 8.75. The lowest BCUT2D eigenvalue weighted by Crippen LogP contribution is -2.72. The molecule has 0 aromatic rings. The van der Waals surface area contributed by atoms with Gasteiger partial charge in [-0.1, -0.05) is 156 Å². The van der Waals surface area contributed by atoms with E-state index < -0.39 is 5.97 Å². The molecule has 0 unspecified atom stereocenters. The molecule has 0 aliphatic rings. The molecule has 0 radical (unpaired) electrons. The number of carbonyl (C=O) groups excluding carboxylic acids is 1. The molecule has 212 valence electrons. The highest BCUT2D eigenvalue weighted by atomic mass is 16.4. The first kappa shape index (κ1) is 36.6. The van der Waals surface area contributed by atoms with Crippen molar-refractivity contribution in [1.82, 2.24) is 0 Å². The molecule has 0 saturated carbocycles. The van der Waals surface area contributed by atoms with Crippen LogP contribution in [0.4, 0.5) is 0 Å².